The lowest BCUT2D eigenvalue weighted by atomic mass is 9.96. The molecule has 0 saturated carbocycles. The number of thiazole rings is 1. The van der Waals surface area contributed by atoms with E-state index in [-0.39, 0.29) is 23.4 Å². The largest absolute Gasteiger partial charge is 0.497 e. The van der Waals surface area contributed by atoms with Gasteiger partial charge in [-0.25, -0.2) is 4.98 Å². The number of hydrogen-bond donors (Lipinski definition) is 2. The lowest BCUT2D eigenvalue weighted by molar-refractivity contribution is -0.123. The molecule has 3 amide bonds. The first-order valence-electron chi connectivity index (χ1n) is 8.99. The van der Waals surface area contributed by atoms with Crippen LogP contribution in [0.5, 0.6) is 11.5 Å². The van der Waals surface area contributed by atoms with Crippen LogP contribution in [0.1, 0.15) is 33.7 Å². The number of nitrogens with zero attached hydrogens (tertiary/aromatic N) is 2. The quantitative estimate of drug-likeness (QED) is 0.737. The number of amides is 3. The van der Waals surface area contributed by atoms with Gasteiger partial charge in [-0.1, -0.05) is 0 Å². The van der Waals surface area contributed by atoms with Crippen molar-refractivity contribution in [1.82, 2.24) is 9.88 Å². The molecular weight excluding hydrogens is 396 g/mol. The summed E-state index contributed by atoms with van der Waals surface area (Å²) in [5.74, 6) is -0.160. The second-order valence-corrected chi connectivity index (χ2v) is 7.42. The number of carbonyl (C=O) groups excluding carboxylic acids is 3. The maximum Gasteiger partial charge on any atom is 0.273 e. The normalized spacial score (nSPS) is 14.3. The van der Waals surface area contributed by atoms with Gasteiger partial charge in [0, 0.05) is 36.0 Å². The van der Waals surface area contributed by atoms with Crippen LogP contribution in [0.3, 0.4) is 0 Å². The predicted molar refractivity (Wildman–Crippen MR) is 107 cm³/mol. The first kappa shape index (κ1) is 20.6. The topological polar surface area (TPSA) is 124 Å². The van der Waals surface area contributed by atoms with Gasteiger partial charge in [0.05, 0.1) is 14.2 Å². The summed E-state index contributed by atoms with van der Waals surface area (Å²) < 4.78 is 10.3. The number of benzene rings is 1. The Labute approximate surface area is 171 Å². The van der Waals surface area contributed by atoms with Gasteiger partial charge in [-0.3, -0.25) is 19.7 Å². The van der Waals surface area contributed by atoms with Crippen LogP contribution in [0.25, 0.3) is 0 Å². The first-order valence-corrected chi connectivity index (χ1v) is 9.87. The summed E-state index contributed by atoms with van der Waals surface area (Å²) in [6, 6.07) is 4.83. The van der Waals surface area contributed by atoms with Gasteiger partial charge in [0.1, 0.15) is 17.2 Å². The monoisotopic (exact) mass is 418 g/mol. The Kier molecular flexibility index (Phi) is 6.32. The summed E-state index contributed by atoms with van der Waals surface area (Å²) in [5.41, 5.74) is 5.93. The van der Waals surface area contributed by atoms with E-state index in [9.17, 15) is 14.4 Å². The summed E-state index contributed by atoms with van der Waals surface area (Å²) in [6.07, 6.45) is 1.10. The zero-order valence-corrected chi connectivity index (χ0v) is 17.0. The summed E-state index contributed by atoms with van der Waals surface area (Å²) in [7, 11) is 3.00. The smallest absolute Gasteiger partial charge is 0.273 e. The van der Waals surface area contributed by atoms with E-state index in [4.69, 9.17) is 15.2 Å². The van der Waals surface area contributed by atoms with Crippen LogP contribution in [-0.4, -0.2) is 54.9 Å². The van der Waals surface area contributed by atoms with E-state index in [1.165, 1.54) is 14.2 Å². The van der Waals surface area contributed by atoms with Crippen molar-refractivity contribution >= 4 is 34.2 Å². The summed E-state index contributed by atoms with van der Waals surface area (Å²) in [5, 5.41) is 4.60. The molecule has 0 atom stereocenters. The number of primary amides is 1. The van der Waals surface area contributed by atoms with Crippen molar-refractivity contribution in [3.8, 4) is 11.5 Å². The predicted octanol–water partition coefficient (Wildman–Crippen LogP) is 1.75. The third kappa shape index (κ3) is 4.83. The molecule has 3 rings (SSSR count). The van der Waals surface area contributed by atoms with Gasteiger partial charge >= 0.3 is 0 Å². The van der Waals surface area contributed by atoms with Crippen LogP contribution >= 0.6 is 11.3 Å². The fraction of sp³-hybridized carbons (Fsp3) is 0.368. The Balaban J connectivity index is 1.65. The van der Waals surface area contributed by atoms with E-state index in [0.717, 1.165) is 11.3 Å². The molecule has 29 heavy (non-hydrogen) atoms. The zero-order chi connectivity index (χ0) is 21.0. The molecule has 0 aliphatic carbocycles. The van der Waals surface area contributed by atoms with Crippen molar-refractivity contribution < 1.29 is 23.9 Å². The molecule has 2 heterocycles. The molecule has 1 fully saturated rings. The number of carbonyl (C=O) groups is 3. The Morgan fingerprint density at radius 1 is 1.14 bits per heavy atom. The second kappa shape index (κ2) is 8.91. The van der Waals surface area contributed by atoms with Crippen molar-refractivity contribution in [1.29, 1.82) is 0 Å². The van der Waals surface area contributed by atoms with Gasteiger partial charge in [0.2, 0.25) is 5.91 Å². The third-order valence-electron chi connectivity index (χ3n) is 4.74. The average molecular weight is 418 g/mol. The van der Waals surface area contributed by atoms with Crippen LogP contribution in [0.15, 0.2) is 23.6 Å². The number of aromatic nitrogens is 1. The summed E-state index contributed by atoms with van der Waals surface area (Å²) in [4.78, 5) is 42.3. The van der Waals surface area contributed by atoms with E-state index < -0.39 is 5.91 Å². The molecule has 1 aromatic carbocycles. The van der Waals surface area contributed by atoms with Gasteiger partial charge in [-0.05, 0) is 25.0 Å². The minimum Gasteiger partial charge on any atom is -0.497 e. The fourth-order valence-electron chi connectivity index (χ4n) is 3.07. The first-order chi connectivity index (χ1) is 13.9. The number of nitrogens with one attached hydrogen (secondary N) is 1. The van der Waals surface area contributed by atoms with Crippen molar-refractivity contribution in [2.24, 2.45) is 11.7 Å². The number of hydrogen-bond acceptors (Lipinski definition) is 7. The average Bonchev–Trinajstić information content (AvgIpc) is 3.21. The van der Waals surface area contributed by atoms with Crippen molar-refractivity contribution in [3.05, 3.63) is 34.8 Å². The molecule has 3 N–H and O–H groups in total. The molecule has 2 aromatic rings. The van der Waals surface area contributed by atoms with Crippen molar-refractivity contribution in [2.45, 2.75) is 12.8 Å². The number of rotatable bonds is 6. The van der Waals surface area contributed by atoms with E-state index in [1.54, 1.807) is 28.5 Å². The van der Waals surface area contributed by atoms with Crippen LogP contribution in [0.4, 0.5) is 5.13 Å². The number of anilines is 1. The Morgan fingerprint density at radius 2 is 1.76 bits per heavy atom. The Bertz CT molecular complexity index is 899. The molecule has 9 nitrogen and oxygen atoms in total. The van der Waals surface area contributed by atoms with E-state index in [2.05, 4.69) is 10.3 Å². The lowest BCUT2D eigenvalue weighted by Gasteiger charge is -2.30. The van der Waals surface area contributed by atoms with Gasteiger partial charge in [0.15, 0.2) is 5.13 Å². The molecular formula is C19H22N4O5S. The number of methoxy groups -OCH3 is 2. The van der Waals surface area contributed by atoms with Gasteiger partial charge in [-0.15, -0.1) is 11.3 Å². The highest BCUT2D eigenvalue weighted by Gasteiger charge is 2.27. The highest BCUT2D eigenvalue weighted by atomic mass is 32.1. The van der Waals surface area contributed by atoms with Crippen LogP contribution in [-0.2, 0) is 4.79 Å². The number of ether oxygens (including phenoxy) is 2. The minimum absolute atomic E-state index is 0.191. The summed E-state index contributed by atoms with van der Waals surface area (Å²) in [6.45, 7) is 0.907. The SMILES string of the molecule is COc1cc(OC)cc(C(=O)Nc2nc(C(=O)N3CCC(C(N)=O)CC3)cs2)c1. The molecule has 154 valence electrons. The molecule has 0 unspecified atom stereocenters. The molecule has 1 aromatic heterocycles. The maximum absolute atomic E-state index is 12.6. The Morgan fingerprint density at radius 3 is 2.31 bits per heavy atom. The second-order valence-electron chi connectivity index (χ2n) is 6.56. The number of nitrogens with two attached hydrogens (primary N) is 1. The summed E-state index contributed by atoms with van der Waals surface area (Å²) >= 11 is 1.16. The zero-order valence-electron chi connectivity index (χ0n) is 16.1. The molecule has 0 spiro atoms. The molecule has 0 bridgehead atoms. The van der Waals surface area contributed by atoms with E-state index in [0.29, 0.717) is 48.1 Å². The molecule has 1 saturated heterocycles. The standard InChI is InChI=1S/C19H22N4O5S/c1-27-13-7-12(8-14(9-13)28-2)17(25)22-19-21-15(10-29-19)18(26)23-5-3-11(4-6-23)16(20)24/h7-11H,3-6H2,1-2H3,(H2,20,24)(H,21,22,25). The lowest BCUT2D eigenvalue weighted by Crippen LogP contribution is -2.41. The van der Waals surface area contributed by atoms with E-state index in [1.807, 2.05) is 0 Å². The van der Waals surface area contributed by atoms with Crippen molar-refractivity contribution in [3.63, 3.8) is 0 Å². The highest BCUT2D eigenvalue weighted by molar-refractivity contribution is 7.14. The molecule has 10 heteroatoms. The molecule has 1 aliphatic heterocycles. The van der Waals surface area contributed by atoms with Gasteiger partial charge in [0.25, 0.3) is 11.8 Å². The fourth-order valence-corrected chi connectivity index (χ4v) is 3.75. The van der Waals surface area contributed by atoms with Gasteiger partial charge < -0.3 is 20.1 Å². The van der Waals surface area contributed by atoms with E-state index >= 15 is 0 Å². The maximum atomic E-state index is 12.6. The molecule has 1 aliphatic rings. The third-order valence-corrected chi connectivity index (χ3v) is 5.50. The van der Waals surface area contributed by atoms with Crippen LogP contribution in [0, 0.1) is 5.92 Å². The number of likely N-dealkylation sites (tertiary alicyclic amines) is 1. The minimum atomic E-state index is -0.391. The highest BCUT2D eigenvalue weighted by Crippen LogP contribution is 2.25. The van der Waals surface area contributed by atoms with Crippen LogP contribution in [0.2, 0.25) is 0 Å². The van der Waals surface area contributed by atoms with Crippen LogP contribution < -0.4 is 20.5 Å². The Hall–Kier alpha value is -3.14. The molecule has 0 radical (unpaired) electrons. The number of piperidine rings is 1. The van der Waals surface area contributed by atoms with Crippen molar-refractivity contribution in [2.75, 3.05) is 32.6 Å². The van der Waals surface area contributed by atoms with Gasteiger partial charge in [-0.2, -0.15) is 0 Å².